The van der Waals surface area contributed by atoms with Crippen molar-refractivity contribution in [3.05, 3.63) is 23.8 Å². The number of urea groups is 1. The number of hydrogen-bond donors (Lipinski definition) is 0. The third kappa shape index (κ3) is 3.86. The second kappa shape index (κ2) is 8.29. The molecule has 144 valence electrons. The molecule has 7 heteroatoms. The molecule has 1 saturated heterocycles. The molecule has 0 radical (unpaired) electrons. The molecular weight excluding hydrogens is 336 g/mol. The lowest BCUT2D eigenvalue weighted by atomic mass is 9.94. The number of amides is 2. The first-order valence-corrected chi connectivity index (χ1v) is 8.83. The molecule has 2 amide bonds. The summed E-state index contributed by atoms with van der Waals surface area (Å²) in [5, 5.41) is 1.23. The van der Waals surface area contributed by atoms with Crippen molar-refractivity contribution >= 4 is 12.0 Å². The van der Waals surface area contributed by atoms with E-state index in [0.29, 0.717) is 24.5 Å². The Morgan fingerprint density at radius 1 is 1.23 bits per heavy atom. The zero-order valence-electron chi connectivity index (χ0n) is 16.3. The van der Waals surface area contributed by atoms with Gasteiger partial charge >= 0.3 is 12.0 Å². The minimum absolute atomic E-state index is 0.0707. The van der Waals surface area contributed by atoms with Crippen molar-refractivity contribution in [1.82, 2.24) is 9.96 Å². The standard InChI is InChI=1S/C19H28N2O5/c1-7-16-18(12(2)3)20(19(23)21(16)26-13(4)22)11-14-8-9-15(24-5)10-17(14)25-6/h8-10,12,16,18H,7,11H2,1-6H3/t16-,18?/m0/s1. The Morgan fingerprint density at radius 3 is 2.42 bits per heavy atom. The Morgan fingerprint density at radius 2 is 1.92 bits per heavy atom. The number of nitrogens with zero attached hydrogens (tertiary/aromatic N) is 2. The lowest BCUT2D eigenvalue weighted by Gasteiger charge is -2.29. The Balaban J connectivity index is 2.36. The molecule has 0 aliphatic carbocycles. The summed E-state index contributed by atoms with van der Waals surface area (Å²) in [5.41, 5.74) is 0.867. The first kappa shape index (κ1) is 19.9. The molecule has 1 heterocycles. The van der Waals surface area contributed by atoms with Crippen molar-refractivity contribution in [3.8, 4) is 11.5 Å². The highest BCUT2D eigenvalue weighted by atomic mass is 16.7. The van der Waals surface area contributed by atoms with E-state index >= 15 is 0 Å². The van der Waals surface area contributed by atoms with Gasteiger partial charge in [0.25, 0.3) is 0 Å². The normalized spacial score (nSPS) is 19.9. The lowest BCUT2D eigenvalue weighted by Crippen LogP contribution is -2.41. The maximum atomic E-state index is 13.0. The molecule has 7 nitrogen and oxygen atoms in total. The first-order valence-electron chi connectivity index (χ1n) is 8.83. The molecule has 1 aromatic carbocycles. The number of methoxy groups -OCH3 is 2. The molecule has 2 rings (SSSR count). The summed E-state index contributed by atoms with van der Waals surface area (Å²) in [7, 11) is 3.18. The number of carbonyl (C=O) groups excluding carboxylic acids is 2. The van der Waals surface area contributed by atoms with Crippen LogP contribution in [0.15, 0.2) is 18.2 Å². The molecule has 1 unspecified atom stereocenters. The van der Waals surface area contributed by atoms with Crippen LogP contribution in [0.25, 0.3) is 0 Å². The molecule has 0 saturated carbocycles. The van der Waals surface area contributed by atoms with Gasteiger partial charge in [-0.3, -0.25) is 4.79 Å². The molecule has 1 aliphatic heterocycles. The Kier molecular flexibility index (Phi) is 6.34. The zero-order valence-corrected chi connectivity index (χ0v) is 16.3. The van der Waals surface area contributed by atoms with Crippen LogP contribution < -0.4 is 9.47 Å². The molecule has 26 heavy (non-hydrogen) atoms. The van der Waals surface area contributed by atoms with Crippen molar-refractivity contribution in [2.24, 2.45) is 5.92 Å². The third-order valence-corrected chi connectivity index (χ3v) is 4.65. The molecule has 0 N–H and O–H groups in total. The third-order valence-electron chi connectivity index (χ3n) is 4.65. The fraction of sp³-hybridized carbons (Fsp3) is 0.579. The summed E-state index contributed by atoms with van der Waals surface area (Å²) < 4.78 is 10.7. The second-order valence-electron chi connectivity index (χ2n) is 6.71. The van der Waals surface area contributed by atoms with Gasteiger partial charge in [-0.1, -0.05) is 20.8 Å². The van der Waals surface area contributed by atoms with Gasteiger partial charge in [0, 0.05) is 18.6 Å². The van der Waals surface area contributed by atoms with Crippen molar-refractivity contribution in [1.29, 1.82) is 0 Å². The van der Waals surface area contributed by atoms with E-state index in [0.717, 1.165) is 5.56 Å². The highest BCUT2D eigenvalue weighted by Crippen LogP contribution is 2.34. The van der Waals surface area contributed by atoms with E-state index in [1.165, 1.54) is 12.0 Å². The van der Waals surface area contributed by atoms with Crippen LogP contribution in [0.2, 0.25) is 0 Å². The minimum Gasteiger partial charge on any atom is -0.497 e. The van der Waals surface area contributed by atoms with Crippen LogP contribution in [0.3, 0.4) is 0 Å². The summed E-state index contributed by atoms with van der Waals surface area (Å²) in [4.78, 5) is 31.4. The van der Waals surface area contributed by atoms with Gasteiger partial charge in [-0.15, -0.1) is 5.06 Å². The molecule has 1 aromatic rings. The van der Waals surface area contributed by atoms with Gasteiger partial charge in [0.05, 0.1) is 32.8 Å². The number of carbonyl (C=O) groups is 2. The summed E-state index contributed by atoms with van der Waals surface area (Å²) >= 11 is 0. The van der Waals surface area contributed by atoms with Gasteiger partial charge in [0.1, 0.15) is 11.5 Å². The number of hydrogen-bond acceptors (Lipinski definition) is 5. The predicted octanol–water partition coefficient (Wildman–Crippen LogP) is 3.22. The molecule has 0 bridgehead atoms. The van der Waals surface area contributed by atoms with Crippen LogP contribution in [0.5, 0.6) is 11.5 Å². The maximum Gasteiger partial charge on any atom is 0.354 e. The number of benzene rings is 1. The Hall–Kier alpha value is -2.44. The fourth-order valence-electron chi connectivity index (χ4n) is 3.54. The van der Waals surface area contributed by atoms with E-state index in [9.17, 15) is 9.59 Å². The first-order chi connectivity index (χ1) is 12.3. The topological polar surface area (TPSA) is 68.3 Å². The van der Waals surface area contributed by atoms with Crippen LogP contribution in [-0.4, -0.2) is 48.3 Å². The summed E-state index contributed by atoms with van der Waals surface area (Å²) in [6.07, 6.45) is 0.693. The van der Waals surface area contributed by atoms with E-state index in [-0.39, 0.29) is 24.0 Å². The fourth-order valence-corrected chi connectivity index (χ4v) is 3.54. The zero-order chi connectivity index (χ0) is 19.4. The largest absolute Gasteiger partial charge is 0.497 e. The van der Waals surface area contributed by atoms with Crippen LogP contribution >= 0.6 is 0 Å². The molecule has 0 spiro atoms. The van der Waals surface area contributed by atoms with Gasteiger partial charge in [0.2, 0.25) is 0 Å². The van der Waals surface area contributed by atoms with Gasteiger partial charge in [0.15, 0.2) is 0 Å². The molecular formula is C19H28N2O5. The quantitative estimate of drug-likeness (QED) is 0.743. The Labute approximate surface area is 154 Å². The molecule has 1 aliphatic rings. The molecule has 2 atom stereocenters. The minimum atomic E-state index is -0.497. The summed E-state index contributed by atoms with van der Waals surface area (Å²) in [5.74, 6) is 1.04. The van der Waals surface area contributed by atoms with Crippen LogP contribution in [0, 0.1) is 5.92 Å². The number of hydroxylamine groups is 2. The average Bonchev–Trinajstić information content (AvgIpc) is 2.86. The maximum absolute atomic E-state index is 13.0. The van der Waals surface area contributed by atoms with Crippen molar-refractivity contribution in [3.63, 3.8) is 0 Å². The van der Waals surface area contributed by atoms with Crippen molar-refractivity contribution < 1.29 is 23.9 Å². The van der Waals surface area contributed by atoms with Crippen LogP contribution in [0.4, 0.5) is 4.79 Å². The molecule has 1 fully saturated rings. The predicted molar refractivity (Wildman–Crippen MR) is 96.8 cm³/mol. The highest BCUT2D eigenvalue weighted by Gasteiger charge is 2.48. The van der Waals surface area contributed by atoms with Crippen LogP contribution in [-0.2, 0) is 16.2 Å². The van der Waals surface area contributed by atoms with E-state index in [1.54, 1.807) is 25.2 Å². The monoisotopic (exact) mass is 364 g/mol. The van der Waals surface area contributed by atoms with E-state index < -0.39 is 5.97 Å². The van der Waals surface area contributed by atoms with E-state index in [4.69, 9.17) is 14.3 Å². The lowest BCUT2D eigenvalue weighted by molar-refractivity contribution is -0.179. The molecule has 0 aromatic heterocycles. The smallest absolute Gasteiger partial charge is 0.354 e. The summed E-state index contributed by atoms with van der Waals surface area (Å²) in [6.45, 7) is 7.79. The van der Waals surface area contributed by atoms with E-state index in [1.807, 2.05) is 19.1 Å². The highest BCUT2D eigenvalue weighted by molar-refractivity contribution is 5.79. The number of rotatable bonds is 7. The second-order valence-corrected chi connectivity index (χ2v) is 6.71. The van der Waals surface area contributed by atoms with Gasteiger partial charge in [-0.05, 0) is 24.5 Å². The average molecular weight is 364 g/mol. The van der Waals surface area contributed by atoms with E-state index in [2.05, 4.69) is 13.8 Å². The number of ether oxygens (including phenoxy) is 2. The summed E-state index contributed by atoms with van der Waals surface area (Å²) in [6, 6.07) is 4.96. The Bertz CT molecular complexity index is 661. The SMILES string of the molecule is CC[C@H]1C(C(C)C)N(Cc2ccc(OC)cc2OC)C(=O)N1OC(C)=O. The van der Waals surface area contributed by atoms with Crippen molar-refractivity contribution in [2.45, 2.75) is 52.7 Å². The van der Waals surface area contributed by atoms with Crippen LogP contribution in [0.1, 0.15) is 39.7 Å². The van der Waals surface area contributed by atoms with Gasteiger partial charge in [-0.25, -0.2) is 4.79 Å². The van der Waals surface area contributed by atoms with Crippen molar-refractivity contribution in [2.75, 3.05) is 14.2 Å². The van der Waals surface area contributed by atoms with Gasteiger partial charge in [-0.2, -0.15) is 0 Å². The van der Waals surface area contributed by atoms with Gasteiger partial charge < -0.3 is 19.2 Å².